The highest BCUT2D eigenvalue weighted by molar-refractivity contribution is 6.72. The molecular formula is C21H32Cl2N4O8. The summed E-state index contributed by atoms with van der Waals surface area (Å²) >= 11 is 9.46. The number of imide groups is 2. The summed E-state index contributed by atoms with van der Waals surface area (Å²) in [7, 11) is 1.38. The van der Waals surface area contributed by atoms with Crippen molar-refractivity contribution in [2.75, 3.05) is 40.0 Å². The molecule has 3 rings (SSSR count). The van der Waals surface area contributed by atoms with Gasteiger partial charge in [0.1, 0.15) is 6.42 Å². The number of barbiturate groups is 1. The van der Waals surface area contributed by atoms with Gasteiger partial charge in [-0.1, -0.05) is 0 Å². The van der Waals surface area contributed by atoms with Crippen molar-refractivity contribution >= 4 is 57.6 Å². The molecule has 14 heteroatoms. The van der Waals surface area contributed by atoms with Crippen LogP contribution < -0.4 is 5.73 Å². The topological polar surface area (TPSA) is 166 Å². The van der Waals surface area contributed by atoms with Crippen molar-refractivity contribution in [1.29, 1.82) is 0 Å². The van der Waals surface area contributed by atoms with E-state index in [9.17, 15) is 24.0 Å². The number of amides is 4. The number of hydrogen-bond acceptors (Lipinski definition) is 10. The van der Waals surface area contributed by atoms with Crippen molar-refractivity contribution < 1.29 is 38.2 Å². The summed E-state index contributed by atoms with van der Waals surface area (Å²) in [5.41, 5.74) is 5.55. The number of carbonyl (C=O) groups is 5. The van der Waals surface area contributed by atoms with E-state index in [0.29, 0.717) is 38.6 Å². The molecule has 0 unspecified atom stereocenters. The van der Waals surface area contributed by atoms with E-state index in [0.717, 1.165) is 31.0 Å². The average Bonchev–Trinajstić information content (AvgIpc) is 2.80. The Morgan fingerprint density at radius 3 is 1.77 bits per heavy atom. The van der Waals surface area contributed by atoms with Crippen LogP contribution in [0.25, 0.3) is 0 Å². The predicted molar refractivity (Wildman–Crippen MR) is 126 cm³/mol. The van der Waals surface area contributed by atoms with Crippen LogP contribution in [0.15, 0.2) is 4.99 Å². The normalized spacial score (nSPS) is 18.6. The highest BCUT2D eigenvalue weighted by Crippen LogP contribution is 2.21. The maximum absolute atomic E-state index is 12.0. The minimum absolute atomic E-state index is 0.120. The zero-order valence-electron chi connectivity index (χ0n) is 19.9. The van der Waals surface area contributed by atoms with Gasteiger partial charge in [0.05, 0.1) is 6.42 Å². The number of halogens is 2. The lowest BCUT2D eigenvalue weighted by molar-refractivity contribution is -0.145. The van der Waals surface area contributed by atoms with Crippen LogP contribution in [-0.4, -0.2) is 96.3 Å². The molecule has 0 aliphatic carbocycles. The van der Waals surface area contributed by atoms with E-state index in [2.05, 4.69) is 4.99 Å². The minimum atomic E-state index is -0.722. The summed E-state index contributed by atoms with van der Waals surface area (Å²) in [5.74, 6) is -0.776. The first kappa shape index (κ1) is 32.8. The average molecular weight is 539 g/mol. The van der Waals surface area contributed by atoms with Gasteiger partial charge in [-0.2, -0.15) is 0 Å². The number of ether oxygens (including phenoxy) is 2. The third-order valence-electron chi connectivity index (χ3n) is 4.82. The largest absolute Gasteiger partial charge is 0.381 e. The summed E-state index contributed by atoms with van der Waals surface area (Å²) < 4.78 is 10.3. The second kappa shape index (κ2) is 19.0. The van der Waals surface area contributed by atoms with Gasteiger partial charge in [-0.3, -0.25) is 29.0 Å². The molecule has 0 aromatic carbocycles. The fraction of sp³-hybridized carbons (Fsp3) is 0.714. The Bertz CT molecular complexity index is 752. The summed E-state index contributed by atoms with van der Waals surface area (Å²) in [6.07, 6.45) is 4.12. The molecule has 0 bridgehead atoms. The summed E-state index contributed by atoms with van der Waals surface area (Å²) in [6.45, 7) is 4.88. The van der Waals surface area contributed by atoms with Crippen LogP contribution in [0.4, 0.5) is 4.79 Å². The molecule has 3 aliphatic heterocycles. The zero-order valence-corrected chi connectivity index (χ0v) is 21.4. The van der Waals surface area contributed by atoms with Crippen molar-refractivity contribution in [3.05, 3.63) is 0 Å². The van der Waals surface area contributed by atoms with Gasteiger partial charge in [-0.25, -0.2) is 14.6 Å². The van der Waals surface area contributed by atoms with Crippen LogP contribution in [-0.2, 0) is 33.4 Å². The van der Waals surface area contributed by atoms with E-state index < -0.39 is 22.4 Å². The van der Waals surface area contributed by atoms with Gasteiger partial charge in [-0.05, 0) is 55.8 Å². The van der Waals surface area contributed by atoms with Crippen LogP contribution >= 0.6 is 23.2 Å². The van der Waals surface area contributed by atoms with Gasteiger partial charge < -0.3 is 15.2 Å². The van der Waals surface area contributed by atoms with Gasteiger partial charge >= 0.3 is 6.03 Å². The first-order valence-electron chi connectivity index (χ1n) is 11.0. The number of hydrogen-bond donors (Lipinski definition) is 1. The standard InChI is InChI=1S/C11H16N2O4.C5H11NO.C3H2Cl2O2.C2H3NO/c1-2-12-9(14)7-10(15)13(11(12)16)8-3-5-17-6-4-8;6-5-1-3-7-4-2-5;4-2(6)1-3(5)7;1-3-2-4/h8H,2-7H2,1H3;5H,1-4,6H2;1H2;1H3. The molecule has 0 spiro atoms. The summed E-state index contributed by atoms with van der Waals surface area (Å²) in [4.78, 5) is 69.0. The fourth-order valence-corrected chi connectivity index (χ4v) is 3.40. The first-order valence-corrected chi connectivity index (χ1v) is 11.7. The number of aliphatic imine (C=N–C) groups is 1. The van der Waals surface area contributed by atoms with E-state index in [1.54, 1.807) is 6.92 Å². The Hall–Kier alpha value is -2.21. The highest BCUT2D eigenvalue weighted by atomic mass is 35.5. The van der Waals surface area contributed by atoms with E-state index in [-0.39, 0.29) is 24.8 Å². The van der Waals surface area contributed by atoms with Gasteiger partial charge in [0.2, 0.25) is 28.4 Å². The second-order valence-electron chi connectivity index (χ2n) is 7.36. The first-order chi connectivity index (χ1) is 16.6. The van der Waals surface area contributed by atoms with Gasteiger partial charge in [-0.15, -0.1) is 0 Å². The lowest BCUT2D eigenvalue weighted by atomic mass is 10.1. The van der Waals surface area contributed by atoms with Gasteiger partial charge in [0, 0.05) is 52.1 Å². The fourth-order valence-electron chi connectivity index (χ4n) is 3.09. The zero-order chi connectivity index (χ0) is 26.8. The molecule has 0 aromatic rings. The molecular weight excluding hydrogens is 507 g/mol. The van der Waals surface area contributed by atoms with E-state index in [1.807, 2.05) is 0 Å². The number of nitrogens with two attached hydrogens (primary N) is 1. The monoisotopic (exact) mass is 538 g/mol. The van der Waals surface area contributed by atoms with Crippen molar-refractivity contribution in [2.45, 2.75) is 57.5 Å². The van der Waals surface area contributed by atoms with Crippen LogP contribution in [0, 0.1) is 0 Å². The Kier molecular flexibility index (Phi) is 17.8. The van der Waals surface area contributed by atoms with Crippen molar-refractivity contribution in [3.8, 4) is 0 Å². The molecule has 2 N–H and O–H groups in total. The molecule has 0 radical (unpaired) electrons. The predicted octanol–water partition coefficient (Wildman–Crippen LogP) is 1.35. The number of urea groups is 1. The summed E-state index contributed by atoms with van der Waals surface area (Å²) in [6, 6.07) is -0.180. The molecule has 35 heavy (non-hydrogen) atoms. The second-order valence-corrected chi connectivity index (χ2v) is 8.20. The van der Waals surface area contributed by atoms with Crippen molar-refractivity contribution in [3.63, 3.8) is 0 Å². The Balaban J connectivity index is 0.000000531. The van der Waals surface area contributed by atoms with E-state index >= 15 is 0 Å². The number of rotatable bonds is 4. The molecule has 3 heterocycles. The maximum Gasteiger partial charge on any atom is 0.333 e. The molecule has 3 saturated heterocycles. The Labute approximate surface area is 214 Å². The molecule has 0 saturated carbocycles. The minimum Gasteiger partial charge on any atom is -0.381 e. The third kappa shape index (κ3) is 14.1. The molecule has 3 fully saturated rings. The van der Waals surface area contributed by atoms with Crippen molar-refractivity contribution in [1.82, 2.24) is 9.80 Å². The van der Waals surface area contributed by atoms with Crippen LogP contribution in [0.5, 0.6) is 0 Å². The Morgan fingerprint density at radius 2 is 1.46 bits per heavy atom. The SMILES string of the molecule is CCN1C(=O)CC(=O)N(C2CCOCC2)C1=O.CN=C=O.NC1CCOCC1.O=C(Cl)CC(=O)Cl. The third-order valence-corrected chi connectivity index (χ3v) is 5.08. The highest BCUT2D eigenvalue weighted by Gasteiger charge is 2.41. The molecule has 198 valence electrons. The quantitative estimate of drug-likeness (QED) is 0.240. The molecule has 12 nitrogen and oxygen atoms in total. The lowest BCUT2D eigenvalue weighted by Gasteiger charge is -2.38. The van der Waals surface area contributed by atoms with Gasteiger partial charge in [0.25, 0.3) is 0 Å². The maximum atomic E-state index is 12.0. The van der Waals surface area contributed by atoms with Gasteiger partial charge in [0.15, 0.2) is 0 Å². The lowest BCUT2D eigenvalue weighted by Crippen LogP contribution is -2.59. The number of isocyanates is 1. The molecule has 4 amide bonds. The van der Waals surface area contributed by atoms with Crippen LogP contribution in [0.2, 0.25) is 0 Å². The van der Waals surface area contributed by atoms with Crippen molar-refractivity contribution in [2.24, 2.45) is 10.7 Å². The molecule has 0 atom stereocenters. The van der Waals surface area contributed by atoms with Crippen LogP contribution in [0.1, 0.15) is 45.4 Å². The molecule has 3 aliphatic rings. The van der Waals surface area contributed by atoms with Crippen LogP contribution in [0.3, 0.4) is 0 Å². The Morgan fingerprint density at radius 1 is 1.00 bits per heavy atom. The summed E-state index contributed by atoms with van der Waals surface area (Å²) in [5, 5.41) is -1.44. The van der Waals surface area contributed by atoms with E-state index in [1.165, 1.54) is 18.0 Å². The number of carbonyl (C=O) groups excluding carboxylic acids is 6. The number of nitrogens with zero attached hydrogens (tertiary/aromatic N) is 3. The smallest absolute Gasteiger partial charge is 0.333 e. The molecule has 0 aromatic heterocycles. The van der Waals surface area contributed by atoms with E-state index in [4.69, 9.17) is 43.2 Å².